The monoisotopic (exact) mass is 311 g/mol. The molecule has 1 fully saturated rings. The molecule has 1 aliphatic rings. The van der Waals surface area contributed by atoms with Crippen LogP contribution >= 0.6 is 0 Å². The van der Waals surface area contributed by atoms with E-state index < -0.39 is 0 Å². The molecule has 2 aromatic rings. The molecule has 0 atom stereocenters. The number of piperidine rings is 1. The van der Waals surface area contributed by atoms with Crippen molar-refractivity contribution in [2.45, 2.75) is 19.8 Å². The molecule has 3 rings (SSSR count). The maximum Gasteiger partial charge on any atom is 0.233 e. The Bertz CT molecular complexity index is 677. The molecule has 1 aromatic carbocycles. The minimum atomic E-state index is -0.102. The normalized spacial score (nSPS) is 15.5. The van der Waals surface area contributed by atoms with E-state index in [2.05, 4.69) is 22.0 Å². The number of ether oxygens (including phenoxy) is 1. The summed E-state index contributed by atoms with van der Waals surface area (Å²) >= 11 is 0. The van der Waals surface area contributed by atoms with Gasteiger partial charge in [0.25, 0.3) is 0 Å². The van der Waals surface area contributed by atoms with Gasteiger partial charge in [0.1, 0.15) is 5.69 Å². The molecule has 1 aromatic heterocycles. The molecular formula is C18H21N3O2. The van der Waals surface area contributed by atoms with Gasteiger partial charge in [0.15, 0.2) is 0 Å². The van der Waals surface area contributed by atoms with Crippen LogP contribution in [-0.4, -0.2) is 36.2 Å². The number of hydrogen-bond donors (Lipinski definition) is 0. The zero-order valence-corrected chi connectivity index (χ0v) is 13.5. The number of hydrogen-bond acceptors (Lipinski definition) is 5. The number of aromatic nitrogens is 2. The molecule has 0 N–H and O–H groups in total. The summed E-state index contributed by atoms with van der Waals surface area (Å²) in [5.41, 5.74) is 2.01. The lowest BCUT2D eigenvalue weighted by molar-refractivity contribution is 0.103. The molecule has 0 spiro atoms. The second kappa shape index (κ2) is 6.77. The molecule has 23 heavy (non-hydrogen) atoms. The van der Waals surface area contributed by atoms with E-state index in [1.54, 1.807) is 12.1 Å². The van der Waals surface area contributed by atoms with Crippen LogP contribution in [-0.2, 0) is 0 Å². The Hall–Kier alpha value is -2.43. The van der Waals surface area contributed by atoms with Gasteiger partial charge in [-0.1, -0.05) is 19.1 Å². The fourth-order valence-corrected chi connectivity index (χ4v) is 2.88. The van der Waals surface area contributed by atoms with Gasteiger partial charge in [0, 0.05) is 30.4 Å². The van der Waals surface area contributed by atoms with E-state index in [1.165, 1.54) is 7.11 Å². The van der Waals surface area contributed by atoms with Gasteiger partial charge in [-0.3, -0.25) is 4.79 Å². The van der Waals surface area contributed by atoms with Crippen LogP contribution in [0, 0.1) is 5.92 Å². The summed E-state index contributed by atoms with van der Waals surface area (Å²) in [6.07, 6.45) is 2.32. The van der Waals surface area contributed by atoms with Crippen LogP contribution in [0.3, 0.4) is 0 Å². The average molecular weight is 311 g/mol. The molecule has 0 unspecified atom stereocenters. The fraction of sp³-hybridized carbons (Fsp3) is 0.389. The Morgan fingerprint density at radius 2 is 1.87 bits per heavy atom. The summed E-state index contributed by atoms with van der Waals surface area (Å²) in [4.78, 5) is 15.1. The largest absolute Gasteiger partial charge is 0.480 e. The Kier molecular flexibility index (Phi) is 4.55. The Morgan fingerprint density at radius 1 is 1.13 bits per heavy atom. The van der Waals surface area contributed by atoms with Crippen LogP contribution in [0.25, 0.3) is 0 Å². The van der Waals surface area contributed by atoms with Gasteiger partial charge in [0.2, 0.25) is 11.7 Å². The third kappa shape index (κ3) is 3.33. The number of methoxy groups -OCH3 is 1. The van der Waals surface area contributed by atoms with Gasteiger partial charge in [-0.25, -0.2) is 0 Å². The number of carbonyl (C=O) groups is 1. The van der Waals surface area contributed by atoms with E-state index in [-0.39, 0.29) is 5.78 Å². The van der Waals surface area contributed by atoms with Gasteiger partial charge >= 0.3 is 0 Å². The standard InChI is InChI=1S/C18H21N3O2/c1-13-9-11-21(12-10-13)16-6-4-3-5-14(16)18(22)15-7-8-17(23-2)20-19-15/h3-8,13H,9-12H2,1-2H3. The number of rotatable bonds is 4. The second-order valence-electron chi connectivity index (χ2n) is 5.98. The highest BCUT2D eigenvalue weighted by molar-refractivity contribution is 6.11. The van der Waals surface area contributed by atoms with Gasteiger partial charge < -0.3 is 9.64 Å². The summed E-state index contributed by atoms with van der Waals surface area (Å²) in [5.74, 6) is 1.05. The highest BCUT2D eigenvalue weighted by Crippen LogP contribution is 2.27. The number of ketones is 1. The van der Waals surface area contributed by atoms with Gasteiger partial charge in [-0.2, -0.15) is 0 Å². The zero-order valence-electron chi connectivity index (χ0n) is 13.5. The molecule has 2 heterocycles. The molecule has 0 bridgehead atoms. The first kappa shape index (κ1) is 15.5. The van der Waals surface area contributed by atoms with Crippen molar-refractivity contribution in [1.29, 1.82) is 0 Å². The van der Waals surface area contributed by atoms with Crippen LogP contribution < -0.4 is 9.64 Å². The summed E-state index contributed by atoms with van der Waals surface area (Å²) in [6.45, 7) is 4.25. The predicted molar refractivity (Wildman–Crippen MR) is 89.1 cm³/mol. The van der Waals surface area contributed by atoms with Crippen molar-refractivity contribution < 1.29 is 9.53 Å². The quantitative estimate of drug-likeness (QED) is 0.813. The van der Waals surface area contributed by atoms with Crippen LogP contribution in [0.1, 0.15) is 35.8 Å². The molecule has 120 valence electrons. The molecule has 0 radical (unpaired) electrons. The lowest BCUT2D eigenvalue weighted by Gasteiger charge is -2.33. The lowest BCUT2D eigenvalue weighted by Crippen LogP contribution is -2.33. The van der Waals surface area contributed by atoms with Gasteiger partial charge in [-0.15, -0.1) is 10.2 Å². The van der Waals surface area contributed by atoms with Crippen molar-refractivity contribution in [3.8, 4) is 5.88 Å². The van der Waals surface area contributed by atoms with E-state index in [4.69, 9.17) is 4.74 Å². The first-order valence-electron chi connectivity index (χ1n) is 7.95. The van der Waals surface area contributed by atoms with Crippen LogP contribution in [0.15, 0.2) is 36.4 Å². The van der Waals surface area contributed by atoms with Crippen molar-refractivity contribution in [3.63, 3.8) is 0 Å². The van der Waals surface area contributed by atoms with Crippen LogP contribution in [0.2, 0.25) is 0 Å². The molecule has 0 amide bonds. The number of para-hydroxylation sites is 1. The van der Waals surface area contributed by atoms with Gasteiger partial charge in [0.05, 0.1) is 7.11 Å². The van der Waals surface area contributed by atoms with Crippen LogP contribution in [0.4, 0.5) is 5.69 Å². The van der Waals surface area contributed by atoms with Crippen molar-refractivity contribution in [1.82, 2.24) is 10.2 Å². The summed E-state index contributed by atoms with van der Waals surface area (Å²) in [7, 11) is 1.53. The highest BCUT2D eigenvalue weighted by Gasteiger charge is 2.22. The van der Waals surface area contributed by atoms with E-state index in [1.807, 2.05) is 24.3 Å². The number of benzene rings is 1. The van der Waals surface area contributed by atoms with Crippen molar-refractivity contribution in [2.24, 2.45) is 5.92 Å². The van der Waals surface area contributed by atoms with E-state index in [0.717, 1.165) is 37.5 Å². The fourth-order valence-electron chi connectivity index (χ4n) is 2.88. The molecule has 0 saturated carbocycles. The minimum absolute atomic E-state index is 0.102. The minimum Gasteiger partial charge on any atom is -0.480 e. The number of nitrogens with zero attached hydrogens (tertiary/aromatic N) is 3. The Balaban J connectivity index is 1.88. The smallest absolute Gasteiger partial charge is 0.233 e. The first-order chi connectivity index (χ1) is 11.2. The third-order valence-corrected chi connectivity index (χ3v) is 4.35. The summed E-state index contributed by atoms with van der Waals surface area (Å²) < 4.78 is 4.99. The third-order valence-electron chi connectivity index (χ3n) is 4.35. The molecular weight excluding hydrogens is 290 g/mol. The van der Waals surface area contributed by atoms with E-state index >= 15 is 0 Å². The molecule has 1 aliphatic heterocycles. The molecule has 1 saturated heterocycles. The predicted octanol–water partition coefficient (Wildman–Crippen LogP) is 2.95. The highest BCUT2D eigenvalue weighted by atomic mass is 16.5. The zero-order chi connectivity index (χ0) is 16.2. The lowest BCUT2D eigenvalue weighted by atomic mass is 9.97. The first-order valence-corrected chi connectivity index (χ1v) is 7.95. The van der Waals surface area contributed by atoms with E-state index in [9.17, 15) is 4.79 Å². The Labute approximate surface area is 136 Å². The Morgan fingerprint density at radius 3 is 2.52 bits per heavy atom. The van der Waals surface area contributed by atoms with Crippen molar-refractivity contribution >= 4 is 11.5 Å². The second-order valence-corrected chi connectivity index (χ2v) is 5.98. The maximum atomic E-state index is 12.8. The number of carbonyl (C=O) groups excluding carboxylic acids is 1. The van der Waals surface area contributed by atoms with E-state index in [0.29, 0.717) is 17.1 Å². The van der Waals surface area contributed by atoms with Crippen molar-refractivity contribution in [2.75, 3.05) is 25.1 Å². The SMILES string of the molecule is COc1ccc(C(=O)c2ccccc2N2CCC(C)CC2)nn1. The summed E-state index contributed by atoms with van der Waals surface area (Å²) in [6, 6.07) is 11.1. The summed E-state index contributed by atoms with van der Waals surface area (Å²) in [5, 5.41) is 7.87. The molecule has 5 heteroatoms. The van der Waals surface area contributed by atoms with Gasteiger partial charge in [-0.05, 0) is 37.0 Å². The average Bonchev–Trinajstić information content (AvgIpc) is 2.62. The van der Waals surface area contributed by atoms with Crippen molar-refractivity contribution in [3.05, 3.63) is 47.7 Å². The molecule has 5 nitrogen and oxygen atoms in total. The number of anilines is 1. The maximum absolute atomic E-state index is 12.8. The topological polar surface area (TPSA) is 55.3 Å². The molecule has 0 aliphatic carbocycles. The van der Waals surface area contributed by atoms with Crippen LogP contribution in [0.5, 0.6) is 5.88 Å².